The largest absolute Gasteiger partial charge is 0.329 e. The Hall–Kier alpha value is -3.43. The number of anilines is 1. The van der Waals surface area contributed by atoms with Crippen molar-refractivity contribution in [3.8, 4) is 0 Å². The molecule has 0 radical (unpaired) electrons. The molecule has 0 aliphatic heterocycles. The van der Waals surface area contributed by atoms with E-state index >= 15 is 0 Å². The number of imidazole rings is 1. The van der Waals surface area contributed by atoms with Crippen molar-refractivity contribution < 1.29 is 0 Å². The first-order valence-corrected chi connectivity index (χ1v) is 10.8. The van der Waals surface area contributed by atoms with Crippen LogP contribution in [-0.4, -0.2) is 25.3 Å². The Morgan fingerprint density at radius 1 is 1.19 bits per heavy atom. The molecule has 0 unspecified atom stereocenters. The first-order valence-electron chi connectivity index (χ1n) is 9.58. The second kappa shape index (κ2) is 9.37. The number of aromatic nitrogens is 4. The Labute approximate surface area is 196 Å². The number of halogens is 2. The standard InChI is InChI=1S/C22H18BrClN6O2/c1-29-19-18(20(31)27-22(29)32)30(13-15-9-5-6-10-17(15)24)21(26-19)28-25-12-16(23)11-14-7-3-2-4-8-14/h2-12H,13H2,1H3,(H,26,28)(H,27,31,32). The summed E-state index contributed by atoms with van der Waals surface area (Å²) in [5.74, 6) is 0.294. The van der Waals surface area contributed by atoms with Gasteiger partial charge in [-0.3, -0.25) is 18.9 Å². The van der Waals surface area contributed by atoms with Gasteiger partial charge in [0.2, 0.25) is 5.95 Å². The molecular weight excluding hydrogens is 496 g/mol. The minimum absolute atomic E-state index is 0.238. The number of nitrogens with one attached hydrogen (secondary N) is 2. The quantitative estimate of drug-likeness (QED) is 0.301. The maximum atomic E-state index is 12.6. The topological polar surface area (TPSA) is 97.1 Å². The van der Waals surface area contributed by atoms with E-state index in [0.717, 1.165) is 15.6 Å². The predicted octanol–water partition coefficient (Wildman–Crippen LogP) is 3.96. The van der Waals surface area contributed by atoms with Gasteiger partial charge in [-0.25, -0.2) is 10.2 Å². The van der Waals surface area contributed by atoms with Crippen molar-refractivity contribution in [1.29, 1.82) is 0 Å². The maximum Gasteiger partial charge on any atom is 0.329 e. The van der Waals surface area contributed by atoms with E-state index in [-0.39, 0.29) is 17.7 Å². The van der Waals surface area contributed by atoms with Gasteiger partial charge >= 0.3 is 5.69 Å². The van der Waals surface area contributed by atoms with Crippen molar-refractivity contribution >= 4 is 56.9 Å². The third-order valence-corrected chi connectivity index (χ3v) is 5.55. The van der Waals surface area contributed by atoms with Crippen molar-refractivity contribution in [3.05, 3.63) is 96.1 Å². The zero-order valence-corrected chi connectivity index (χ0v) is 19.3. The molecule has 0 aliphatic rings. The van der Waals surface area contributed by atoms with Crippen LogP contribution in [-0.2, 0) is 13.6 Å². The van der Waals surface area contributed by atoms with E-state index in [0.29, 0.717) is 11.0 Å². The molecule has 4 aromatic rings. The van der Waals surface area contributed by atoms with Gasteiger partial charge in [0.1, 0.15) is 0 Å². The number of nitrogens with zero attached hydrogens (tertiary/aromatic N) is 4. The van der Waals surface area contributed by atoms with E-state index in [2.05, 4.69) is 36.4 Å². The molecule has 0 fully saturated rings. The van der Waals surface area contributed by atoms with Gasteiger partial charge in [0.15, 0.2) is 11.2 Å². The van der Waals surface area contributed by atoms with Gasteiger partial charge in [0, 0.05) is 16.6 Å². The minimum atomic E-state index is -0.548. The molecule has 0 aliphatic carbocycles. The minimum Gasteiger partial charge on any atom is -0.298 e. The highest BCUT2D eigenvalue weighted by Gasteiger charge is 2.18. The van der Waals surface area contributed by atoms with Crippen LogP contribution in [0, 0.1) is 0 Å². The number of aromatic amines is 1. The number of rotatable bonds is 6. The molecule has 10 heteroatoms. The fourth-order valence-electron chi connectivity index (χ4n) is 3.17. The van der Waals surface area contributed by atoms with Crippen molar-refractivity contribution in [1.82, 2.24) is 19.1 Å². The SMILES string of the molecule is Cn1c(=O)[nH]c(=O)c2c1nc(NN=CC(Br)=Cc1ccccc1)n2Cc1ccccc1Cl. The first-order chi connectivity index (χ1) is 15.4. The van der Waals surface area contributed by atoms with Crippen molar-refractivity contribution in [3.63, 3.8) is 0 Å². The number of hydrogen-bond acceptors (Lipinski definition) is 5. The van der Waals surface area contributed by atoms with E-state index in [1.807, 2.05) is 54.6 Å². The van der Waals surface area contributed by atoms with Crippen LogP contribution in [0.3, 0.4) is 0 Å². The number of fused-ring (bicyclic) bond motifs is 1. The molecule has 2 N–H and O–H groups in total. The summed E-state index contributed by atoms with van der Waals surface area (Å²) in [7, 11) is 1.54. The van der Waals surface area contributed by atoms with Crippen LogP contribution in [0.4, 0.5) is 5.95 Å². The third kappa shape index (κ3) is 4.58. The highest BCUT2D eigenvalue weighted by atomic mass is 79.9. The van der Waals surface area contributed by atoms with E-state index in [4.69, 9.17) is 11.6 Å². The molecule has 0 spiro atoms. The molecule has 2 aromatic heterocycles. The van der Waals surface area contributed by atoms with Crippen molar-refractivity contribution in [2.45, 2.75) is 6.54 Å². The molecule has 162 valence electrons. The lowest BCUT2D eigenvalue weighted by Gasteiger charge is -2.09. The van der Waals surface area contributed by atoms with Crippen LogP contribution >= 0.6 is 27.5 Å². The van der Waals surface area contributed by atoms with E-state index in [9.17, 15) is 9.59 Å². The molecule has 2 aromatic carbocycles. The van der Waals surface area contributed by atoms with Gasteiger partial charge in [0.05, 0.1) is 12.8 Å². The third-order valence-electron chi connectivity index (χ3n) is 4.75. The molecule has 2 heterocycles. The second-order valence-electron chi connectivity index (χ2n) is 6.91. The van der Waals surface area contributed by atoms with Crippen LogP contribution in [0.1, 0.15) is 11.1 Å². The molecule has 8 nitrogen and oxygen atoms in total. The van der Waals surface area contributed by atoms with Gasteiger partial charge in [-0.05, 0) is 39.2 Å². The van der Waals surface area contributed by atoms with Crippen molar-refractivity contribution in [2.75, 3.05) is 5.43 Å². The van der Waals surface area contributed by atoms with E-state index < -0.39 is 11.2 Å². The lowest BCUT2D eigenvalue weighted by molar-refractivity contribution is 0.808. The zero-order valence-electron chi connectivity index (χ0n) is 16.9. The average molecular weight is 514 g/mol. The van der Waals surface area contributed by atoms with Crippen LogP contribution < -0.4 is 16.7 Å². The Morgan fingerprint density at radius 3 is 2.66 bits per heavy atom. The summed E-state index contributed by atoms with van der Waals surface area (Å²) in [6.07, 6.45) is 3.49. The van der Waals surface area contributed by atoms with Gasteiger partial charge in [-0.15, -0.1) is 0 Å². The number of allylic oxidation sites excluding steroid dienone is 1. The molecular formula is C22H18BrClN6O2. The Balaban J connectivity index is 1.73. The lowest BCUT2D eigenvalue weighted by Crippen LogP contribution is -2.29. The average Bonchev–Trinajstić information content (AvgIpc) is 3.13. The number of hydrazone groups is 1. The maximum absolute atomic E-state index is 12.6. The summed E-state index contributed by atoms with van der Waals surface area (Å²) in [4.78, 5) is 31.4. The fraction of sp³-hybridized carbons (Fsp3) is 0.0909. The lowest BCUT2D eigenvalue weighted by atomic mass is 10.2. The van der Waals surface area contributed by atoms with Crippen LogP contribution in [0.2, 0.25) is 5.02 Å². The molecule has 0 saturated carbocycles. The van der Waals surface area contributed by atoms with Crippen molar-refractivity contribution in [2.24, 2.45) is 12.1 Å². The van der Waals surface area contributed by atoms with Gasteiger partial charge in [-0.1, -0.05) is 60.1 Å². The van der Waals surface area contributed by atoms with Crippen LogP contribution in [0.15, 0.2) is 73.8 Å². The molecule has 32 heavy (non-hydrogen) atoms. The second-order valence-corrected chi connectivity index (χ2v) is 8.24. The first kappa shape index (κ1) is 21.8. The summed E-state index contributed by atoms with van der Waals surface area (Å²) in [5.41, 5.74) is 4.07. The van der Waals surface area contributed by atoms with Gasteiger partial charge in [0.25, 0.3) is 5.56 Å². The summed E-state index contributed by atoms with van der Waals surface area (Å²) in [5, 5.41) is 4.79. The molecule has 0 saturated heterocycles. The molecule has 4 rings (SSSR count). The zero-order chi connectivity index (χ0) is 22.7. The summed E-state index contributed by atoms with van der Waals surface area (Å²) in [6, 6.07) is 17.1. The molecule has 0 atom stereocenters. The van der Waals surface area contributed by atoms with E-state index in [1.54, 1.807) is 23.9 Å². The molecule has 0 amide bonds. The number of aryl methyl sites for hydroxylation is 1. The van der Waals surface area contributed by atoms with Gasteiger partial charge < -0.3 is 0 Å². The monoisotopic (exact) mass is 512 g/mol. The highest BCUT2D eigenvalue weighted by molar-refractivity contribution is 9.12. The smallest absolute Gasteiger partial charge is 0.298 e. The Bertz CT molecular complexity index is 1450. The van der Waals surface area contributed by atoms with Crippen LogP contribution in [0.5, 0.6) is 0 Å². The van der Waals surface area contributed by atoms with Gasteiger partial charge in [-0.2, -0.15) is 10.1 Å². The normalized spacial score (nSPS) is 12.0. The Kier molecular flexibility index (Phi) is 6.38. The van der Waals surface area contributed by atoms with E-state index in [1.165, 1.54) is 4.57 Å². The fourth-order valence-corrected chi connectivity index (χ4v) is 3.73. The number of benzene rings is 2. The summed E-state index contributed by atoms with van der Waals surface area (Å²) in [6.45, 7) is 0.260. The molecule has 0 bridgehead atoms. The Morgan fingerprint density at radius 2 is 1.91 bits per heavy atom. The summed E-state index contributed by atoms with van der Waals surface area (Å²) < 4.78 is 3.65. The highest BCUT2D eigenvalue weighted by Crippen LogP contribution is 2.22. The number of hydrogen-bond donors (Lipinski definition) is 2. The predicted molar refractivity (Wildman–Crippen MR) is 132 cm³/mol. The number of H-pyrrole nitrogens is 1. The summed E-state index contributed by atoms with van der Waals surface area (Å²) >= 11 is 9.79. The van der Waals surface area contributed by atoms with Crippen LogP contribution in [0.25, 0.3) is 17.2 Å².